The fourth-order valence-corrected chi connectivity index (χ4v) is 2.40. The highest BCUT2D eigenvalue weighted by molar-refractivity contribution is 7.80. The molecule has 2 aromatic carbocycles. The van der Waals surface area contributed by atoms with Crippen molar-refractivity contribution in [2.75, 3.05) is 17.6 Å². The van der Waals surface area contributed by atoms with Gasteiger partial charge in [-0.05, 0) is 36.4 Å². The van der Waals surface area contributed by atoms with Crippen molar-refractivity contribution < 1.29 is 9.59 Å². The Balaban J connectivity index is 1.75. The lowest BCUT2D eigenvalue weighted by Crippen LogP contribution is -2.25. The van der Waals surface area contributed by atoms with Crippen LogP contribution in [-0.2, 0) is 0 Å². The topological polar surface area (TPSA) is 86.9 Å². The van der Waals surface area contributed by atoms with Gasteiger partial charge in [-0.3, -0.25) is 9.59 Å². The Morgan fingerprint density at radius 1 is 1.08 bits per heavy atom. The van der Waals surface area contributed by atoms with Crippen LogP contribution in [0, 0.1) is 0 Å². The zero-order valence-corrected chi connectivity index (χ0v) is 13.6. The van der Waals surface area contributed by atoms with Crippen molar-refractivity contribution in [2.45, 2.75) is 0 Å². The highest BCUT2D eigenvalue weighted by Gasteiger charge is 2.10. The van der Waals surface area contributed by atoms with E-state index in [0.717, 1.165) is 11.0 Å². The molecule has 3 N–H and O–H groups in total. The summed E-state index contributed by atoms with van der Waals surface area (Å²) in [6.07, 6.45) is 1.58. The van der Waals surface area contributed by atoms with Crippen LogP contribution in [0.25, 0.3) is 11.0 Å². The first kappa shape index (κ1) is 16.1. The van der Waals surface area contributed by atoms with Crippen molar-refractivity contribution >= 4 is 41.2 Å². The van der Waals surface area contributed by atoms with Gasteiger partial charge < -0.3 is 15.6 Å². The molecule has 0 saturated heterocycles. The molecule has 3 aromatic rings. The molecule has 1 heterocycles. The van der Waals surface area contributed by atoms with Crippen molar-refractivity contribution in [3.63, 3.8) is 0 Å². The van der Waals surface area contributed by atoms with Crippen LogP contribution in [0.5, 0.6) is 0 Å². The Kier molecular flexibility index (Phi) is 4.81. The number of hydrogen-bond donors (Lipinski definition) is 4. The molecule has 7 heteroatoms. The summed E-state index contributed by atoms with van der Waals surface area (Å²) in [5.74, 6) is 0.122. The second-order valence-electron chi connectivity index (χ2n) is 5.15. The van der Waals surface area contributed by atoms with Crippen molar-refractivity contribution in [2.24, 2.45) is 0 Å². The third kappa shape index (κ3) is 3.57. The number of fused-ring (bicyclic) bond motifs is 1. The Morgan fingerprint density at radius 2 is 1.92 bits per heavy atom. The van der Waals surface area contributed by atoms with Crippen LogP contribution >= 0.6 is 12.6 Å². The minimum Gasteiger partial charge on any atom is -0.351 e. The largest absolute Gasteiger partial charge is 0.351 e. The lowest BCUT2D eigenvalue weighted by atomic mass is 10.1. The van der Waals surface area contributed by atoms with Gasteiger partial charge in [0.15, 0.2) is 0 Å². The van der Waals surface area contributed by atoms with E-state index in [4.69, 9.17) is 0 Å². The molecule has 0 bridgehead atoms. The normalized spacial score (nSPS) is 10.5. The molecule has 0 unspecified atom stereocenters. The minimum atomic E-state index is -0.251. The van der Waals surface area contributed by atoms with Crippen molar-refractivity contribution in [1.82, 2.24) is 15.3 Å². The summed E-state index contributed by atoms with van der Waals surface area (Å²) in [7, 11) is 0. The summed E-state index contributed by atoms with van der Waals surface area (Å²) >= 11 is 4.06. The highest BCUT2D eigenvalue weighted by atomic mass is 32.1. The number of anilines is 1. The Labute approximate surface area is 144 Å². The van der Waals surface area contributed by atoms with Crippen molar-refractivity contribution in [3.8, 4) is 0 Å². The summed E-state index contributed by atoms with van der Waals surface area (Å²) in [5.41, 5.74) is 3.15. The number of rotatable bonds is 5. The number of thiol groups is 1. The number of hydrogen-bond acceptors (Lipinski definition) is 4. The SMILES string of the molecule is O=C(NCCS)c1cccc(NC(=O)c2ccc3nc[nH]c3c2)c1. The molecule has 0 saturated carbocycles. The van der Waals surface area contributed by atoms with E-state index < -0.39 is 0 Å². The Hall–Kier alpha value is -2.80. The van der Waals surface area contributed by atoms with E-state index in [1.165, 1.54) is 0 Å². The molecule has 0 radical (unpaired) electrons. The predicted octanol–water partition coefficient (Wildman–Crippen LogP) is 2.47. The molecule has 1 aromatic heterocycles. The third-order valence-electron chi connectivity index (χ3n) is 3.46. The second-order valence-corrected chi connectivity index (χ2v) is 5.60. The lowest BCUT2D eigenvalue weighted by Gasteiger charge is -2.08. The number of nitrogens with one attached hydrogen (secondary N) is 3. The van der Waals surface area contributed by atoms with E-state index in [9.17, 15) is 9.59 Å². The second kappa shape index (κ2) is 7.18. The minimum absolute atomic E-state index is 0.195. The number of amides is 2. The average Bonchev–Trinajstić information content (AvgIpc) is 3.07. The lowest BCUT2D eigenvalue weighted by molar-refractivity contribution is 0.0954. The number of H-pyrrole nitrogens is 1. The molecular weight excluding hydrogens is 324 g/mol. The fourth-order valence-electron chi connectivity index (χ4n) is 2.29. The molecule has 2 amide bonds. The van der Waals surface area contributed by atoms with Crippen LogP contribution in [0.2, 0.25) is 0 Å². The number of carbonyl (C=O) groups is 2. The van der Waals surface area contributed by atoms with Crippen molar-refractivity contribution in [1.29, 1.82) is 0 Å². The van der Waals surface area contributed by atoms with Gasteiger partial charge >= 0.3 is 0 Å². The maximum atomic E-state index is 12.4. The summed E-state index contributed by atoms with van der Waals surface area (Å²) in [6, 6.07) is 12.0. The standard InChI is InChI=1S/C17H16N4O2S/c22-16(18-6-7-24)11-2-1-3-13(8-11)21-17(23)12-4-5-14-15(9-12)20-10-19-14/h1-5,8-10,24H,6-7H2,(H,18,22)(H,19,20)(H,21,23). The van der Waals surface area contributed by atoms with Crippen LogP contribution in [0.1, 0.15) is 20.7 Å². The molecule has 3 rings (SSSR count). The summed E-state index contributed by atoms with van der Waals surface area (Å²) < 4.78 is 0. The van der Waals surface area contributed by atoms with Gasteiger partial charge in [0.05, 0.1) is 17.4 Å². The van der Waals surface area contributed by atoms with Gasteiger partial charge in [0.25, 0.3) is 11.8 Å². The van der Waals surface area contributed by atoms with Crippen LogP contribution < -0.4 is 10.6 Å². The number of nitrogens with zero attached hydrogens (tertiary/aromatic N) is 1. The van der Waals surface area contributed by atoms with Crippen LogP contribution in [0.3, 0.4) is 0 Å². The molecule has 24 heavy (non-hydrogen) atoms. The smallest absolute Gasteiger partial charge is 0.255 e. The van der Waals surface area contributed by atoms with E-state index in [1.54, 1.807) is 48.8 Å². The van der Waals surface area contributed by atoms with Crippen LogP contribution in [0.15, 0.2) is 48.8 Å². The molecule has 0 aliphatic carbocycles. The number of aromatic amines is 1. The molecule has 122 valence electrons. The van der Waals surface area contributed by atoms with E-state index >= 15 is 0 Å². The monoisotopic (exact) mass is 340 g/mol. The average molecular weight is 340 g/mol. The zero-order chi connectivity index (χ0) is 16.9. The van der Waals surface area contributed by atoms with Gasteiger partial charge in [-0.1, -0.05) is 6.07 Å². The van der Waals surface area contributed by atoms with E-state index in [1.807, 2.05) is 0 Å². The predicted molar refractivity (Wildman–Crippen MR) is 96.7 cm³/mol. The van der Waals surface area contributed by atoms with Gasteiger partial charge in [0.2, 0.25) is 0 Å². The van der Waals surface area contributed by atoms with E-state index in [0.29, 0.717) is 29.1 Å². The molecule has 0 aliphatic heterocycles. The first-order chi connectivity index (χ1) is 11.7. The molecular formula is C17H16N4O2S. The summed E-state index contributed by atoms with van der Waals surface area (Å²) in [6.45, 7) is 0.489. The molecule has 6 nitrogen and oxygen atoms in total. The Morgan fingerprint density at radius 3 is 2.75 bits per heavy atom. The number of benzene rings is 2. The number of carbonyl (C=O) groups excluding carboxylic acids is 2. The molecule has 0 atom stereocenters. The summed E-state index contributed by atoms with van der Waals surface area (Å²) in [4.78, 5) is 31.4. The molecule has 0 fully saturated rings. The van der Waals surface area contributed by atoms with Crippen LogP contribution in [-0.4, -0.2) is 34.1 Å². The summed E-state index contributed by atoms with van der Waals surface area (Å²) in [5, 5.41) is 5.54. The Bertz CT molecular complexity index is 891. The van der Waals surface area contributed by atoms with E-state index in [-0.39, 0.29) is 11.8 Å². The van der Waals surface area contributed by atoms with Gasteiger partial charge in [-0.15, -0.1) is 0 Å². The maximum absolute atomic E-state index is 12.4. The quantitative estimate of drug-likeness (QED) is 0.538. The molecule has 0 spiro atoms. The first-order valence-electron chi connectivity index (χ1n) is 7.41. The number of imidazole rings is 1. The maximum Gasteiger partial charge on any atom is 0.255 e. The van der Waals surface area contributed by atoms with Gasteiger partial charge in [0, 0.05) is 29.1 Å². The number of aromatic nitrogens is 2. The molecule has 0 aliphatic rings. The van der Waals surface area contributed by atoms with Crippen LogP contribution in [0.4, 0.5) is 5.69 Å². The first-order valence-corrected chi connectivity index (χ1v) is 8.04. The zero-order valence-electron chi connectivity index (χ0n) is 12.7. The van der Waals surface area contributed by atoms with Gasteiger partial charge in [-0.25, -0.2) is 4.98 Å². The van der Waals surface area contributed by atoms with Gasteiger partial charge in [-0.2, -0.15) is 12.6 Å². The fraction of sp³-hybridized carbons (Fsp3) is 0.118. The third-order valence-corrected chi connectivity index (χ3v) is 3.69. The van der Waals surface area contributed by atoms with Crippen molar-refractivity contribution in [3.05, 3.63) is 59.9 Å². The van der Waals surface area contributed by atoms with Gasteiger partial charge in [0.1, 0.15) is 0 Å². The highest BCUT2D eigenvalue weighted by Crippen LogP contribution is 2.15. The van der Waals surface area contributed by atoms with E-state index in [2.05, 4.69) is 33.2 Å².